The lowest BCUT2D eigenvalue weighted by molar-refractivity contribution is 0.244. The van der Waals surface area contributed by atoms with Crippen LogP contribution in [0.3, 0.4) is 0 Å². The number of hydrogen-bond acceptors (Lipinski definition) is 0. The summed E-state index contributed by atoms with van der Waals surface area (Å²) in [5, 5.41) is 0. The fourth-order valence-corrected chi connectivity index (χ4v) is 5.25. The summed E-state index contributed by atoms with van der Waals surface area (Å²) < 4.78 is 0. The second-order valence-corrected chi connectivity index (χ2v) is 10.2. The van der Waals surface area contributed by atoms with Gasteiger partial charge in [-0.05, 0) is 61.2 Å². The minimum Gasteiger partial charge on any atom is -0.0854 e. The third-order valence-corrected chi connectivity index (χ3v) is 7.20. The monoisotopic (exact) mass is 376 g/mol. The van der Waals surface area contributed by atoms with Crippen LogP contribution in [0.1, 0.15) is 125 Å². The van der Waals surface area contributed by atoms with Gasteiger partial charge in [0.25, 0.3) is 0 Å². The molecule has 0 spiro atoms. The highest BCUT2D eigenvalue weighted by atomic mass is 14.3. The van der Waals surface area contributed by atoms with Crippen molar-refractivity contribution in [2.75, 3.05) is 0 Å². The van der Waals surface area contributed by atoms with Crippen molar-refractivity contribution >= 4 is 0 Å². The van der Waals surface area contributed by atoms with E-state index in [9.17, 15) is 0 Å². The minimum absolute atomic E-state index is 0.811. The first-order chi connectivity index (χ1) is 13.0. The molecule has 0 heterocycles. The Hall–Kier alpha value is -0.260. The zero-order valence-electron chi connectivity index (χ0n) is 19.8. The Labute approximate surface area is 173 Å². The molecule has 0 saturated carbocycles. The molecule has 0 fully saturated rings. The Bertz CT molecular complexity index is 366. The smallest absolute Gasteiger partial charge is 0.0205 e. The van der Waals surface area contributed by atoms with Crippen LogP contribution < -0.4 is 0 Å². The molecule has 0 N–H and O–H groups in total. The molecule has 0 aromatic rings. The standard InChI is InChI=1S/C27H52/c1-7-10-12-24(11-8-2)21-25(16-13-22(4)5)17-20-26(9-3)27-18-14-23(6)15-19-27/h14,18,22-27H,7-13,15-17,19-21H2,1-6H3. The molecule has 0 amide bonds. The molecule has 0 aromatic heterocycles. The molecule has 0 saturated heterocycles. The van der Waals surface area contributed by atoms with Crippen LogP contribution in [0.15, 0.2) is 12.2 Å². The lowest BCUT2D eigenvalue weighted by Crippen LogP contribution is -2.18. The van der Waals surface area contributed by atoms with Crippen molar-refractivity contribution in [1.29, 1.82) is 0 Å². The molecule has 27 heavy (non-hydrogen) atoms. The Morgan fingerprint density at radius 2 is 1.48 bits per heavy atom. The van der Waals surface area contributed by atoms with Crippen LogP contribution >= 0.6 is 0 Å². The van der Waals surface area contributed by atoms with Crippen molar-refractivity contribution in [3.63, 3.8) is 0 Å². The van der Waals surface area contributed by atoms with Gasteiger partial charge in [-0.25, -0.2) is 0 Å². The van der Waals surface area contributed by atoms with Gasteiger partial charge in [0.05, 0.1) is 0 Å². The van der Waals surface area contributed by atoms with Gasteiger partial charge in [-0.1, -0.05) is 111 Å². The van der Waals surface area contributed by atoms with Crippen LogP contribution in [0.2, 0.25) is 0 Å². The minimum atomic E-state index is 0.811. The summed E-state index contributed by atoms with van der Waals surface area (Å²) in [7, 11) is 0. The van der Waals surface area contributed by atoms with Gasteiger partial charge in [0.15, 0.2) is 0 Å². The molecule has 0 aliphatic heterocycles. The molecule has 5 atom stereocenters. The normalized spacial score (nSPS) is 23.5. The first-order valence-corrected chi connectivity index (χ1v) is 12.7. The average Bonchev–Trinajstić information content (AvgIpc) is 2.65. The predicted molar refractivity (Wildman–Crippen MR) is 124 cm³/mol. The van der Waals surface area contributed by atoms with Crippen molar-refractivity contribution in [2.24, 2.45) is 35.5 Å². The maximum atomic E-state index is 2.58. The molecule has 0 heteroatoms. The summed E-state index contributed by atoms with van der Waals surface area (Å²) >= 11 is 0. The van der Waals surface area contributed by atoms with E-state index in [1.807, 2.05) is 0 Å². The van der Waals surface area contributed by atoms with Crippen LogP contribution in [-0.4, -0.2) is 0 Å². The molecule has 0 radical (unpaired) electrons. The highest BCUT2D eigenvalue weighted by Crippen LogP contribution is 2.36. The first kappa shape index (κ1) is 24.8. The number of unbranched alkanes of at least 4 members (excludes halogenated alkanes) is 1. The SMILES string of the molecule is CCCCC(CCC)CC(CCC(C)C)CCC(CC)C1C=CC(C)CC1. The molecule has 1 aliphatic rings. The van der Waals surface area contributed by atoms with Crippen molar-refractivity contribution in [1.82, 2.24) is 0 Å². The fraction of sp³-hybridized carbons (Fsp3) is 0.926. The number of rotatable bonds is 15. The van der Waals surface area contributed by atoms with E-state index in [1.165, 1.54) is 83.5 Å². The summed E-state index contributed by atoms with van der Waals surface area (Å²) in [5.41, 5.74) is 0. The third kappa shape index (κ3) is 10.7. The van der Waals surface area contributed by atoms with Gasteiger partial charge in [0.2, 0.25) is 0 Å². The van der Waals surface area contributed by atoms with E-state index in [2.05, 4.69) is 53.7 Å². The zero-order valence-corrected chi connectivity index (χ0v) is 19.8. The van der Waals surface area contributed by atoms with Crippen LogP contribution in [0.5, 0.6) is 0 Å². The third-order valence-electron chi connectivity index (χ3n) is 7.20. The van der Waals surface area contributed by atoms with Crippen molar-refractivity contribution in [3.05, 3.63) is 12.2 Å². The van der Waals surface area contributed by atoms with Crippen LogP contribution in [-0.2, 0) is 0 Å². The van der Waals surface area contributed by atoms with Crippen LogP contribution in [0.25, 0.3) is 0 Å². The summed E-state index contributed by atoms with van der Waals surface area (Å²) in [5.74, 6) is 5.42. The fourth-order valence-electron chi connectivity index (χ4n) is 5.25. The molecule has 160 valence electrons. The highest BCUT2D eigenvalue weighted by molar-refractivity contribution is 4.98. The molecule has 0 aromatic carbocycles. The van der Waals surface area contributed by atoms with Crippen molar-refractivity contribution < 1.29 is 0 Å². The molecule has 1 aliphatic carbocycles. The largest absolute Gasteiger partial charge is 0.0854 e. The van der Waals surface area contributed by atoms with E-state index in [0.29, 0.717) is 0 Å². The van der Waals surface area contributed by atoms with E-state index < -0.39 is 0 Å². The lowest BCUT2D eigenvalue weighted by Gasteiger charge is -2.30. The Kier molecular flexibility index (Phi) is 13.5. The number of hydrogen-bond donors (Lipinski definition) is 0. The molecule has 0 bridgehead atoms. The Morgan fingerprint density at radius 1 is 0.778 bits per heavy atom. The number of allylic oxidation sites excluding steroid dienone is 2. The van der Waals surface area contributed by atoms with Gasteiger partial charge in [0, 0.05) is 0 Å². The maximum Gasteiger partial charge on any atom is -0.0205 e. The first-order valence-electron chi connectivity index (χ1n) is 12.7. The van der Waals surface area contributed by atoms with Crippen molar-refractivity contribution in [2.45, 2.75) is 125 Å². The van der Waals surface area contributed by atoms with Crippen molar-refractivity contribution in [3.8, 4) is 0 Å². The van der Waals surface area contributed by atoms with Gasteiger partial charge in [-0.3, -0.25) is 0 Å². The van der Waals surface area contributed by atoms with Gasteiger partial charge in [-0.15, -0.1) is 0 Å². The summed E-state index contributed by atoms with van der Waals surface area (Å²) in [6, 6.07) is 0. The Balaban J connectivity index is 2.61. The Morgan fingerprint density at radius 3 is 2.04 bits per heavy atom. The second-order valence-electron chi connectivity index (χ2n) is 10.2. The lowest BCUT2D eigenvalue weighted by atomic mass is 9.75. The topological polar surface area (TPSA) is 0 Å². The van der Waals surface area contributed by atoms with Crippen LogP contribution in [0, 0.1) is 35.5 Å². The van der Waals surface area contributed by atoms with Crippen LogP contribution in [0.4, 0.5) is 0 Å². The van der Waals surface area contributed by atoms with Gasteiger partial charge < -0.3 is 0 Å². The maximum absolute atomic E-state index is 2.58. The molecule has 5 unspecified atom stereocenters. The highest BCUT2D eigenvalue weighted by Gasteiger charge is 2.23. The van der Waals surface area contributed by atoms with Gasteiger partial charge in [0.1, 0.15) is 0 Å². The molecular formula is C27H52. The van der Waals surface area contributed by atoms with E-state index in [4.69, 9.17) is 0 Å². The quantitative estimate of drug-likeness (QED) is 0.250. The molecule has 0 nitrogen and oxygen atoms in total. The zero-order chi connectivity index (χ0) is 20.1. The van der Waals surface area contributed by atoms with E-state index in [0.717, 1.165) is 35.5 Å². The average molecular weight is 377 g/mol. The molecular weight excluding hydrogens is 324 g/mol. The summed E-state index contributed by atoms with van der Waals surface area (Å²) in [4.78, 5) is 0. The van der Waals surface area contributed by atoms with Gasteiger partial charge in [-0.2, -0.15) is 0 Å². The van der Waals surface area contributed by atoms with Gasteiger partial charge >= 0.3 is 0 Å². The van der Waals surface area contributed by atoms with E-state index in [1.54, 1.807) is 0 Å². The second kappa shape index (κ2) is 14.7. The predicted octanol–water partition coefficient (Wildman–Crippen LogP) is 9.44. The summed E-state index contributed by atoms with van der Waals surface area (Å²) in [6.07, 6.45) is 23.7. The summed E-state index contributed by atoms with van der Waals surface area (Å²) in [6.45, 7) is 14.3. The van der Waals surface area contributed by atoms with E-state index in [-0.39, 0.29) is 0 Å². The van der Waals surface area contributed by atoms with E-state index >= 15 is 0 Å². The molecule has 1 rings (SSSR count).